The number of carbonyl (C=O) groups is 1. The van der Waals surface area contributed by atoms with Crippen LogP contribution in [0.5, 0.6) is 23.0 Å². The van der Waals surface area contributed by atoms with Gasteiger partial charge in [-0.05, 0) is 55.8 Å². The van der Waals surface area contributed by atoms with Crippen LogP contribution in [-0.4, -0.2) is 38.2 Å². The predicted octanol–water partition coefficient (Wildman–Crippen LogP) is 3.31. The molecule has 37 heavy (non-hydrogen) atoms. The molecule has 9 nitrogen and oxygen atoms in total. The lowest BCUT2D eigenvalue weighted by Crippen LogP contribution is -2.40. The summed E-state index contributed by atoms with van der Waals surface area (Å²) in [7, 11) is 3.08. The number of fused-ring (bicyclic) bond motifs is 2. The molecule has 0 fully saturated rings. The Morgan fingerprint density at radius 2 is 1.97 bits per heavy atom. The van der Waals surface area contributed by atoms with Crippen molar-refractivity contribution >= 4 is 39.3 Å². The van der Waals surface area contributed by atoms with Crippen LogP contribution in [0.4, 0.5) is 0 Å². The molecule has 0 N–H and O–H groups in total. The molecular formula is C26H23BrN2O7S. The van der Waals surface area contributed by atoms with Crippen LogP contribution >= 0.6 is 27.3 Å². The minimum absolute atomic E-state index is 0.145. The number of hydrogen-bond acceptors (Lipinski definition) is 9. The van der Waals surface area contributed by atoms with Crippen molar-refractivity contribution in [2.24, 2.45) is 4.99 Å². The number of allylic oxidation sites excluding steroid dienone is 1. The van der Waals surface area contributed by atoms with E-state index in [9.17, 15) is 9.59 Å². The highest BCUT2D eigenvalue weighted by atomic mass is 79.9. The zero-order valence-electron chi connectivity index (χ0n) is 20.5. The largest absolute Gasteiger partial charge is 0.497 e. The van der Waals surface area contributed by atoms with Crippen molar-refractivity contribution in [2.45, 2.75) is 19.9 Å². The number of ether oxygens (including phenoxy) is 5. The van der Waals surface area contributed by atoms with Crippen LogP contribution in [0, 0.1) is 0 Å². The van der Waals surface area contributed by atoms with Crippen LogP contribution in [0.1, 0.15) is 31.0 Å². The maximum Gasteiger partial charge on any atom is 0.338 e. The Bertz CT molecular complexity index is 1620. The van der Waals surface area contributed by atoms with Crippen LogP contribution < -0.4 is 33.8 Å². The molecule has 2 aromatic carbocycles. The Hall–Kier alpha value is -3.57. The van der Waals surface area contributed by atoms with Crippen molar-refractivity contribution in [3.05, 3.63) is 76.9 Å². The third-order valence-electron chi connectivity index (χ3n) is 6.03. The van der Waals surface area contributed by atoms with Gasteiger partial charge in [-0.25, -0.2) is 9.79 Å². The lowest BCUT2D eigenvalue weighted by Gasteiger charge is -2.26. The Morgan fingerprint density at radius 3 is 2.68 bits per heavy atom. The van der Waals surface area contributed by atoms with Crippen molar-refractivity contribution < 1.29 is 28.5 Å². The average molecular weight is 587 g/mol. The first-order valence-corrected chi connectivity index (χ1v) is 13.0. The normalized spacial score (nSPS) is 16.4. The van der Waals surface area contributed by atoms with Gasteiger partial charge in [0, 0.05) is 10.0 Å². The number of thiazole rings is 1. The molecule has 5 rings (SSSR count). The Balaban J connectivity index is 1.76. The van der Waals surface area contributed by atoms with E-state index in [0.29, 0.717) is 43.6 Å². The maximum absolute atomic E-state index is 13.9. The first-order valence-electron chi connectivity index (χ1n) is 11.4. The molecular weight excluding hydrogens is 564 g/mol. The highest BCUT2D eigenvalue weighted by Gasteiger charge is 2.35. The summed E-state index contributed by atoms with van der Waals surface area (Å²) in [6, 6.07) is 8.03. The second-order valence-corrected chi connectivity index (χ2v) is 10.0. The first kappa shape index (κ1) is 25.1. The summed E-state index contributed by atoms with van der Waals surface area (Å²) in [6.07, 6.45) is 1.76. The van der Waals surface area contributed by atoms with Crippen molar-refractivity contribution in [1.29, 1.82) is 0 Å². The van der Waals surface area contributed by atoms with Crippen molar-refractivity contribution in [2.75, 3.05) is 27.6 Å². The summed E-state index contributed by atoms with van der Waals surface area (Å²) in [6.45, 7) is 3.79. The monoisotopic (exact) mass is 586 g/mol. The zero-order chi connectivity index (χ0) is 26.3. The molecule has 2 aliphatic heterocycles. The van der Waals surface area contributed by atoms with Gasteiger partial charge in [-0.15, -0.1) is 0 Å². The van der Waals surface area contributed by atoms with Gasteiger partial charge in [-0.3, -0.25) is 9.36 Å². The van der Waals surface area contributed by atoms with E-state index in [1.54, 1.807) is 51.3 Å². The molecule has 11 heteroatoms. The average Bonchev–Trinajstić information content (AvgIpc) is 3.46. The van der Waals surface area contributed by atoms with E-state index in [1.807, 2.05) is 6.07 Å². The Labute approximate surface area is 224 Å². The van der Waals surface area contributed by atoms with Crippen LogP contribution in [0.3, 0.4) is 0 Å². The standard InChI is InChI=1S/C26H23BrN2O7S/c1-5-34-25(31)22-13(2)28-26-29(23(22)16-10-15(32-3)6-7-18(16)33-4)24(30)21(37-26)9-14-8-19-20(11-17(14)27)36-12-35-19/h6-11,23H,5,12H2,1-4H3. The molecule has 192 valence electrons. The van der Waals surface area contributed by atoms with E-state index in [4.69, 9.17) is 23.7 Å². The van der Waals surface area contributed by atoms with Crippen molar-refractivity contribution in [3.8, 4) is 23.0 Å². The van der Waals surface area contributed by atoms with Gasteiger partial charge in [0.25, 0.3) is 5.56 Å². The number of hydrogen-bond donors (Lipinski definition) is 0. The fourth-order valence-corrected chi connectivity index (χ4v) is 5.80. The summed E-state index contributed by atoms with van der Waals surface area (Å²) in [5, 5.41) is 0. The number of carbonyl (C=O) groups excluding carboxylic acids is 1. The molecule has 3 heterocycles. The minimum atomic E-state index is -0.831. The summed E-state index contributed by atoms with van der Waals surface area (Å²) in [5.41, 5.74) is 1.74. The molecule has 2 aliphatic rings. The second kappa shape index (κ2) is 10.1. The minimum Gasteiger partial charge on any atom is -0.497 e. The molecule has 0 spiro atoms. The van der Waals surface area contributed by atoms with E-state index in [1.165, 1.54) is 23.0 Å². The summed E-state index contributed by atoms with van der Waals surface area (Å²) >= 11 is 4.78. The number of esters is 1. The highest BCUT2D eigenvalue weighted by Crippen LogP contribution is 2.39. The van der Waals surface area contributed by atoms with Crippen LogP contribution in [-0.2, 0) is 9.53 Å². The van der Waals surface area contributed by atoms with Crippen molar-refractivity contribution in [3.63, 3.8) is 0 Å². The summed E-state index contributed by atoms with van der Waals surface area (Å²) in [4.78, 5) is 32.1. The molecule has 0 saturated heterocycles. The van der Waals surface area contributed by atoms with Crippen LogP contribution in [0.15, 0.2) is 55.9 Å². The molecule has 3 aromatic rings. The summed E-state index contributed by atoms with van der Waals surface area (Å²) in [5.74, 6) is 1.73. The molecule has 0 saturated carbocycles. The van der Waals surface area contributed by atoms with Gasteiger partial charge in [-0.1, -0.05) is 27.3 Å². The lowest BCUT2D eigenvalue weighted by atomic mass is 9.94. The first-order chi connectivity index (χ1) is 17.9. The number of nitrogens with zero attached hydrogens (tertiary/aromatic N) is 2. The number of methoxy groups -OCH3 is 2. The maximum atomic E-state index is 13.9. The highest BCUT2D eigenvalue weighted by molar-refractivity contribution is 9.10. The van der Waals surface area contributed by atoms with E-state index in [2.05, 4.69) is 20.9 Å². The number of aromatic nitrogens is 1. The molecule has 0 radical (unpaired) electrons. The topological polar surface area (TPSA) is 97.6 Å². The fraction of sp³-hybridized carbons (Fsp3) is 0.269. The van der Waals surface area contributed by atoms with Crippen LogP contribution in [0.2, 0.25) is 0 Å². The van der Waals surface area contributed by atoms with Crippen molar-refractivity contribution in [1.82, 2.24) is 4.57 Å². The van der Waals surface area contributed by atoms with Gasteiger partial charge in [0.05, 0.1) is 36.6 Å². The van der Waals surface area contributed by atoms with E-state index >= 15 is 0 Å². The third kappa shape index (κ3) is 4.42. The van der Waals surface area contributed by atoms with Gasteiger partial charge < -0.3 is 23.7 Å². The van der Waals surface area contributed by atoms with Crippen LogP contribution in [0.25, 0.3) is 6.08 Å². The van der Waals surface area contributed by atoms with E-state index in [0.717, 1.165) is 10.0 Å². The van der Waals surface area contributed by atoms with Gasteiger partial charge in [-0.2, -0.15) is 0 Å². The van der Waals surface area contributed by atoms with E-state index in [-0.39, 0.29) is 24.5 Å². The van der Waals surface area contributed by atoms with Gasteiger partial charge >= 0.3 is 5.97 Å². The predicted molar refractivity (Wildman–Crippen MR) is 140 cm³/mol. The van der Waals surface area contributed by atoms with Gasteiger partial charge in [0.1, 0.15) is 17.5 Å². The van der Waals surface area contributed by atoms with Gasteiger partial charge in [0.2, 0.25) is 6.79 Å². The zero-order valence-corrected chi connectivity index (χ0v) is 22.9. The summed E-state index contributed by atoms with van der Waals surface area (Å²) < 4.78 is 30.0. The van der Waals surface area contributed by atoms with Gasteiger partial charge in [0.15, 0.2) is 16.3 Å². The molecule has 0 aliphatic carbocycles. The smallest absolute Gasteiger partial charge is 0.338 e. The Morgan fingerprint density at radius 1 is 1.22 bits per heavy atom. The molecule has 1 aromatic heterocycles. The molecule has 1 unspecified atom stereocenters. The molecule has 0 bridgehead atoms. The number of benzene rings is 2. The SMILES string of the molecule is CCOC(=O)C1=C(C)N=c2sc(=Cc3cc4c(cc3Br)OCO4)c(=O)n2C1c1cc(OC)ccc1OC. The fourth-order valence-electron chi connectivity index (χ4n) is 4.32. The second-order valence-electron chi connectivity index (χ2n) is 8.14. The lowest BCUT2D eigenvalue weighted by molar-refractivity contribution is -0.139. The number of rotatable bonds is 6. The van der Waals surface area contributed by atoms with E-state index < -0.39 is 12.0 Å². The Kier molecular flexibility index (Phi) is 6.82. The molecule has 1 atom stereocenters. The third-order valence-corrected chi connectivity index (χ3v) is 7.70. The molecule has 0 amide bonds. The number of halogens is 1. The quantitative estimate of drug-likeness (QED) is 0.409.